The van der Waals surface area contributed by atoms with Gasteiger partial charge in [-0.25, -0.2) is 4.79 Å². The Hall–Kier alpha value is -0.870. The van der Waals surface area contributed by atoms with E-state index in [1.54, 1.807) is 13.0 Å². The summed E-state index contributed by atoms with van der Waals surface area (Å²) in [6, 6.07) is 0.252. The number of aliphatic hydroxyl groups excluding tert-OH is 1. The molecule has 2 N–H and O–H groups in total. The van der Waals surface area contributed by atoms with E-state index >= 15 is 0 Å². The topological polar surface area (TPSA) is 58.6 Å². The van der Waals surface area contributed by atoms with Crippen molar-refractivity contribution >= 4 is 5.97 Å². The Labute approximate surface area is 85.0 Å². The standard InChI is InChI=1S/C10H19NO3/c1-8(10(13)14-3)4-6-11-9(2)5-7-12/h4,9,11-12H,5-7H2,1-3H3. The summed E-state index contributed by atoms with van der Waals surface area (Å²) >= 11 is 0. The summed E-state index contributed by atoms with van der Waals surface area (Å²) in [5.41, 5.74) is 0.594. The molecule has 0 fully saturated rings. The molecule has 0 spiro atoms. The van der Waals surface area contributed by atoms with Crippen LogP contribution in [0.2, 0.25) is 0 Å². The molecule has 0 saturated carbocycles. The zero-order chi connectivity index (χ0) is 11.0. The summed E-state index contributed by atoms with van der Waals surface area (Å²) in [6.07, 6.45) is 2.49. The number of nitrogens with one attached hydrogen (secondary N) is 1. The van der Waals surface area contributed by atoms with E-state index in [1.165, 1.54) is 7.11 Å². The van der Waals surface area contributed by atoms with Crippen LogP contribution in [0.25, 0.3) is 0 Å². The van der Waals surface area contributed by atoms with Gasteiger partial charge in [-0.3, -0.25) is 0 Å². The summed E-state index contributed by atoms with van der Waals surface area (Å²) in [7, 11) is 1.36. The number of rotatable bonds is 6. The van der Waals surface area contributed by atoms with Gasteiger partial charge in [-0.15, -0.1) is 0 Å². The van der Waals surface area contributed by atoms with Gasteiger partial charge in [0.1, 0.15) is 0 Å². The minimum absolute atomic E-state index is 0.174. The molecular formula is C10H19NO3. The molecule has 0 aromatic carbocycles. The lowest BCUT2D eigenvalue weighted by Crippen LogP contribution is -2.27. The molecule has 0 saturated heterocycles. The molecule has 0 heterocycles. The normalized spacial score (nSPS) is 13.9. The number of carbonyl (C=O) groups excluding carboxylic acids is 1. The minimum Gasteiger partial charge on any atom is -0.466 e. The van der Waals surface area contributed by atoms with Gasteiger partial charge in [-0.1, -0.05) is 6.08 Å². The van der Waals surface area contributed by atoms with Crippen LogP contribution in [0, 0.1) is 0 Å². The number of hydrogen-bond acceptors (Lipinski definition) is 4. The average Bonchev–Trinajstić information content (AvgIpc) is 2.16. The van der Waals surface area contributed by atoms with Crippen molar-refractivity contribution in [2.75, 3.05) is 20.3 Å². The maximum atomic E-state index is 11.0. The molecule has 0 rings (SSSR count). The second-order valence-corrected chi connectivity index (χ2v) is 3.20. The fraction of sp³-hybridized carbons (Fsp3) is 0.700. The van der Waals surface area contributed by atoms with Crippen molar-refractivity contribution < 1.29 is 14.6 Å². The third-order valence-corrected chi connectivity index (χ3v) is 1.94. The predicted octanol–water partition coefficient (Wildman–Crippen LogP) is 0.466. The van der Waals surface area contributed by atoms with Crippen LogP contribution in [0.5, 0.6) is 0 Å². The molecule has 0 bridgehead atoms. The molecule has 1 atom stereocenters. The molecule has 0 aromatic heterocycles. The highest BCUT2D eigenvalue weighted by molar-refractivity contribution is 5.87. The molecule has 4 heteroatoms. The molecule has 0 radical (unpaired) electrons. The van der Waals surface area contributed by atoms with Gasteiger partial charge in [0, 0.05) is 24.8 Å². The first kappa shape index (κ1) is 13.1. The fourth-order valence-corrected chi connectivity index (χ4v) is 0.953. The summed E-state index contributed by atoms with van der Waals surface area (Å²) < 4.78 is 4.54. The largest absolute Gasteiger partial charge is 0.466 e. The zero-order valence-electron chi connectivity index (χ0n) is 9.04. The van der Waals surface area contributed by atoms with E-state index < -0.39 is 0 Å². The van der Waals surface area contributed by atoms with Gasteiger partial charge in [0.15, 0.2) is 0 Å². The summed E-state index contributed by atoms with van der Waals surface area (Å²) in [4.78, 5) is 11.0. The van der Waals surface area contributed by atoms with E-state index in [-0.39, 0.29) is 18.6 Å². The van der Waals surface area contributed by atoms with Crippen molar-refractivity contribution in [1.82, 2.24) is 5.32 Å². The lowest BCUT2D eigenvalue weighted by Gasteiger charge is -2.10. The van der Waals surface area contributed by atoms with E-state index in [2.05, 4.69) is 10.1 Å². The number of hydrogen-bond donors (Lipinski definition) is 2. The van der Waals surface area contributed by atoms with Gasteiger partial charge in [0.2, 0.25) is 0 Å². The molecule has 0 aromatic rings. The highest BCUT2D eigenvalue weighted by Crippen LogP contribution is 1.95. The Bertz CT molecular complexity index is 202. The predicted molar refractivity (Wildman–Crippen MR) is 54.9 cm³/mol. The SMILES string of the molecule is COC(=O)C(C)=CCNC(C)CCO. The van der Waals surface area contributed by atoms with E-state index in [0.29, 0.717) is 18.5 Å². The molecule has 14 heavy (non-hydrogen) atoms. The van der Waals surface area contributed by atoms with Crippen molar-refractivity contribution in [3.8, 4) is 0 Å². The van der Waals surface area contributed by atoms with Crippen molar-refractivity contribution in [1.29, 1.82) is 0 Å². The Morgan fingerprint density at radius 1 is 1.64 bits per heavy atom. The first-order chi connectivity index (χ1) is 6.61. The van der Waals surface area contributed by atoms with Crippen molar-refractivity contribution in [2.45, 2.75) is 26.3 Å². The highest BCUT2D eigenvalue weighted by Gasteiger charge is 2.02. The summed E-state index contributed by atoms with van der Waals surface area (Å²) in [5, 5.41) is 11.8. The van der Waals surface area contributed by atoms with Gasteiger partial charge in [-0.05, 0) is 20.3 Å². The Kier molecular flexibility index (Phi) is 7.06. The smallest absolute Gasteiger partial charge is 0.333 e. The summed E-state index contributed by atoms with van der Waals surface area (Å²) in [5.74, 6) is -0.304. The first-order valence-electron chi connectivity index (χ1n) is 4.71. The number of methoxy groups -OCH3 is 1. The molecular weight excluding hydrogens is 182 g/mol. The second-order valence-electron chi connectivity index (χ2n) is 3.20. The van der Waals surface area contributed by atoms with E-state index in [9.17, 15) is 4.79 Å². The number of carbonyl (C=O) groups is 1. The lowest BCUT2D eigenvalue weighted by molar-refractivity contribution is -0.136. The van der Waals surface area contributed by atoms with Gasteiger partial charge in [0.05, 0.1) is 7.11 Å². The van der Waals surface area contributed by atoms with Crippen LogP contribution in [-0.4, -0.2) is 37.4 Å². The number of ether oxygens (including phenoxy) is 1. The maximum absolute atomic E-state index is 11.0. The van der Waals surface area contributed by atoms with Crippen LogP contribution < -0.4 is 5.32 Å². The van der Waals surface area contributed by atoms with Gasteiger partial charge in [-0.2, -0.15) is 0 Å². The highest BCUT2D eigenvalue weighted by atomic mass is 16.5. The Balaban J connectivity index is 3.75. The summed E-state index contributed by atoms with van der Waals surface area (Å²) in [6.45, 7) is 4.48. The quantitative estimate of drug-likeness (QED) is 0.484. The third-order valence-electron chi connectivity index (χ3n) is 1.94. The van der Waals surface area contributed by atoms with Crippen LogP contribution in [0.15, 0.2) is 11.6 Å². The number of aliphatic hydroxyl groups is 1. The first-order valence-corrected chi connectivity index (χ1v) is 4.71. The number of esters is 1. The van der Waals surface area contributed by atoms with Crippen molar-refractivity contribution in [3.63, 3.8) is 0 Å². The average molecular weight is 201 g/mol. The molecule has 1 unspecified atom stereocenters. The van der Waals surface area contributed by atoms with Gasteiger partial charge >= 0.3 is 5.97 Å². The van der Waals surface area contributed by atoms with Gasteiger partial charge < -0.3 is 15.2 Å². The van der Waals surface area contributed by atoms with Crippen molar-refractivity contribution in [2.24, 2.45) is 0 Å². The monoisotopic (exact) mass is 201 g/mol. The molecule has 0 aliphatic rings. The van der Waals surface area contributed by atoms with Crippen molar-refractivity contribution in [3.05, 3.63) is 11.6 Å². The molecule has 0 amide bonds. The third kappa shape index (κ3) is 5.72. The zero-order valence-corrected chi connectivity index (χ0v) is 9.04. The Morgan fingerprint density at radius 3 is 2.79 bits per heavy atom. The van der Waals surface area contributed by atoms with Crippen LogP contribution in [0.1, 0.15) is 20.3 Å². The molecule has 0 aliphatic heterocycles. The van der Waals surface area contributed by atoms with E-state index in [0.717, 1.165) is 0 Å². The van der Waals surface area contributed by atoms with Crippen LogP contribution in [0.3, 0.4) is 0 Å². The van der Waals surface area contributed by atoms with E-state index in [4.69, 9.17) is 5.11 Å². The van der Waals surface area contributed by atoms with Crippen LogP contribution in [0.4, 0.5) is 0 Å². The maximum Gasteiger partial charge on any atom is 0.333 e. The Morgan fingerprint density at radius 2 is 2.29 bits per heavy atom. The fourth-order valence-electron chi connectivity index (χ4n) is 0.953. The van der Waals surface area contributed by atoms with Gasteiger partial charge in [0.25, 0.3) is 0 Å². The lowest BCUT2D eigenvalue weighted by atomic mass is 10.2. The molecule has 82 valence electrons. The molecule has 0 aliphatic carbocycles. The minimum atomic E-state index is -0.304. The second kappa shape index (κ2) is 7.53. The van der Waals surface area contributed by atoms with Crippen LogP contribution in [-0.2, 0) is 9.53 Å². The van der Waals surface area contributed by atoms with E-state index in [1.807, 2.05) is 6.92 Å². The molecule has 4 nitrogen and oxygen atoms in total. The van der Waals surface area contributed by atoms with Crippen LogP contribution >= 0.6 is 0 Å².